The van der Waals surface area contributed by atoms with Gasteiger partial charge in [-0.2, -0.15) is 0 Å². The van der Waals surface area contributed by atoms with Crippen molar-refractivity contribution in [3.8, 4) is 5.75 Å². The van der Waals surface area contributed by atoms with Gasteiger partial charge in [0.05, 0.1) is 5.69 Å². The Morgan fingerprint density at radius 3 is 2.91 bits per heavy atom. The van der Waals surface area contributed by atoms with Crippen LogP contribution < -0.4 is 15.4 Å². The molecule has 22 heavy (non-hydrogen) atoms. The molecule has 2 amide bonds. The molecule has 1 aliphatic heterocycles. The molecule has 2 aromatic carbocycles. The second-order valence-electron chi connectivity index (χ2n) is 4.82. The van der Waals surface area contributed by atoms with Crippen molar-refractivity contribution in [2.24, 2.45) is 0 Å². The van der Waals surface area contributed by atoms with Crippen molar-refractivity contribution in [1.82, 2.24) is 5.32 Å². The zero-order valence-corrected chi connectivity index (χ0v) is 11.6. The largest absolute Gasteiger partial charge is 0.482 e. The van der Waals surface area contributed by atoms with Crippen LogP contribution in [-0.4, -0.2) is 18.4 Å². The molecule has 0 saturated carbocycles. The van der Waals surface area contributed by atoms with Gasteiger partial charge in [-0.3, -0.25) is 9.59 Å². The van der Waals surface area contributed by atoms with E-state index in [9.17, 15) is 14.0 Å². The minimum Gasteiger partial charge on any atom is -0.482 e. The van der Waals surface area contributed by atoms with Crippen LogP contribution in [-0.2, 0) is 11.3 Å². The van der Waals surface area contributed by atoms with E-state index in [0.717, 1.165) is 0 Å². The lowest BCUT2D eigenvalue weighted by molar-refractivity contribution is -0.118. The number of amides is 2. The van der Waals surface area contributed by atoms with E-state index in [1.165, 1.54) is 6.07 Å². The number of benzene rings is 2. The Balaban J connectivity index is 1.70. The van der Waals surface area contributed by atoms with Crippen LogP contribution in [0.3, 0.4) is 0 Å². The fourth-order valence-corrected chi connectivity index (χ4v) is 2.14. The Hall–Kier alpha value is -2.89. The highest BCUT2D eigenvalue weighted by Crippen LogP contribution is 2.28. The molecule has 0 atom stereocenters. The summed E-state index contributed by atoms with van der Waals surface area (Å²) in [6.45, 7) is 0.0213. The maximum absolute atomic E-state index is 13.5. The second kappa shape index (κ2) is 5.85. The Kier molecular flexibility index (Phi) is 3.74. The lowest BCUT2D eigenvalue weighted by Crippen LogP contribution is -2.27. The predicted molar refractivity (Wildman–Crippen MR) is 78.1 cm³/mol. The molecule has 3 rings (SSSR count). The van der Waals surface area contributed by atoms with E-state index < -0.39 is 0 Å². The van der Waals surface area contributed by atoms with Gasteiger partial charge in [0.25, 0.3) is 11.8 Å². The van der Waals surface area contributed by atoms with E-state index in [0.29, 0.717) is 22.6 Å². The molecule has 0 bridgehead atoms. The first kappa shape index (κ1) is 14.1. The molecule has 5 nitrogen and oxygen atoms in total. The number of hydrogen-bond donors (Lipinski definition) is 2. The summed E-state index contributed by atoms with van der Waals surface area (Å²) < 4.78 is 18.7. The summed E-state index contributed by atoms with van der Waals surface area (Å²) in [5.41, 5.74) is 1.32. The van der Waals surface area contributed by atoms with Crippen molar-refractivity contribution in [2.45, 2.75) is 6.54 Å². The van der Waals surface area contributed by atoms with Crippen molar-refractivity contribution >= 4 is 17.5 Å². The quantitative estimate of drug-likeness (QED) is 0.912. The lowest BCUT2D eigenvalue weighted by Gasteiger charge is -2.18. The lowest BCUT2D eigenvalue weighted by atomic mass is 10.1. The molecule has 0 fully saturated rings. The molecule has 6 heteroatoms. The van der Waals surface area contributed by atoms with E-state index in [2.05, 4.69) is 10.6 Å². The fourth-order valence-electron chi connectivity index (χ4n) is 2.14. The van der Waals surface area contributed by atoms with Gasteiger partial charge in [-0.25, -0.2) is 4.39 Å². The molecular weight excluding hydrogens is 287 g/mol. The first-order valence-electron chi connectivity index (χ1n) is 6.72. The molecule has 2 N–H and O–H groups in total. The Bertz CT molecular complexity index is 746. The first-order valence-corrected chi connectivity index (χ1v) is 6.72. The standard InChI is InChI=1S/C16H13FN2O3/c17-12-4-2-1-3-11(12)8-18-16(21)10-5-6-13-14(7-10)22-9-15(20)19-13/h1-7H,8-9H2,(H,18,21)(H,19,20). The van der Waals surface area contributed by atoms with Gasteiger partial charge in [-0.05, 0) is 24.3 Å². The monoisotopic (exact) mass is 300 g/mol. The third kappa shape index (κ3) is 2.90. The molecule has 0 radical (unpaired) electrons. The van der Waals surface area contributed by atoms with Crippen LogP contribution in [0.5, 0.6) is 5.75 Å². The highest BCUT2D eigenvalue weighted by atomic mass is 19.1. The summed E-state index contributed by atoms with van der Waals surface area (Å²) in [5, 5.41) is 5.30. The summed E-state index contributed by atoms with van der Waals surface area (Å²) >= 11 is 0. The Morgan fingerprint density at radius 2 is 2.09 bits per heavy atom. The average Bonchev–Trinajstić information content (AvgIpc) is 2.53. The number of nitrogens with one attached hydrogen (secondary N) is 2. The van der Waals surface area contributed by atoms with Crippen LogP contribution in [0.2, 0.25) is 0 Å². The third-order valence-electron chi connectivity index (χ3n) is 3.27. The fraction of sp³-hybridized carbons (Fsp3) is 0.125. The zero-order valence-electron chi connectivity index (χ0n) is 11.6. The van der Waals surface area contributed by atoms with Gasteiger partial charge in [-0.1, -0.05) is 18.2 Å². The first-order chi connectivity index (χ1) is 10.6. The van der Waals surface area contributed by atoms with Crippen LogP contribution in [0.4, 0.5) is 10.1 Å². The summed E-state index contributed by atoms with van der Waals surface area (Å²) in [7, 11) is 0. The topological polar surface area (TPSA) is 67.4 Å². The molecule has 2 aromatic rings. The number of rotatable bonds is 3. The SMILES string of the molecule is O=C1COc2cc(C(=O)NCc3ccccc3F)ccc2N1. The van der Waals surface area contributed by atoms with Crippen molar-refractivity contribution in [1.29, 1.82) is 0 Å². The number of halogens is 1. The van der Waals surface area contributed by atoms with Crippen molar-refractivity contribution in [3.05, 3.63) is 59.4 Å². The second-order valence-corrected chi connectivity index (χ2v) is 4.82. The van der Waals surface area contributed by atoms with Crippen molar-refractivity contribution < 1.29 is 18.7 Å². The molecule has 112 valence electrons. The maximum Gasteiger partial charge on any atom is 0.262 e. The Labute approximate surface area is 126 Å². The maximum atomic E-state index is 13.5. The molecule has 0 aromatic heterocycles. The van der Waals surface area contributed by atoms with Crippen molar-refractivity contribution in [2.75, 3.05) is 11.9 Å². The number of fused-ring (bicyclic) bond motifs is 1. The van der Waals surface area contributed by atoms with Crippen LogP contribution in [0.1, 0.15) is 15.9 Å². The number of anilines is 1. The number of hydrogen-bond acceptors (Lipinski definition) is 3. The van der Waals surface area contributed by atoms with Crippen molar-refractivity contribution in [3.63, 3.8) is 0 Å². The van der Waals surface area contributed by atoms with Crippen LogP contribution >= 0.6 is 0 Å². The molecule has 1 heterocycles. The highest BCUT2D eigenvalue weighted by Gasteiger charge is 2.17. The summed E-state index contributed by atoms with van der Waals surface area (Å²) in [5.74, 6) is -0.492. The van der Waals surface area contributed by atoms with Gasteiger partial charge in [0.1, 0.15) is 11.6 Å². The van der Waals surface area contributed by atoms with Gasteiger partial charge in [0, 0.05) is 17.7 Å². The van der Waals surface area contributed by atoms with Crippen LogP contribution in [0.15, 0.2) is 42.5 Å². The number of carbonyl (C=O) groups is 2. The molecular formula is C16H13FN2O3. The molecule has 0 unspecified atom stereocenters. The summed E-state index contributed by atoms with van der Waals surface area (Å²) in [6.07, 6.45) is 0. The molecule has 0 saturated heterocycles. The summed E-state index contributed by atoms with van der Waals surface area (Å²) in [6, 6.07) is 11.0. The highest BCUT2D eigenvalue weighted by molar-refractivity contribution is 5.98. The van der Waals surface area contributed by atoms with E-state index in [1.807, 2.05) is 0 Å². The average molecular weight is 300 g/mol. The smallest absolute Gasteiger partial charge is 0.262 e. The Morgan fingerprint density at radius 1 is 1.27 bits per heavy atom. The van der Waals surface area contributed by atoms with E-state index in [-0.39, 0.29) is 30.8 Å². The van der Waals surface area contributed by atoms with Gasteiger partial charge >= 0.3 is 0 Å². The van der Waals surface area contributed by atoms with Gasteiger partial charge < -0.3 is 15.4 Å². The van der Waals surface area contributed by atoms with Gasteiger partial charge in [0.15, 0.2) is 6.61 Å². The number of carbonyl (C=O) groups excluding carboxylic acids is 2. The van der Waals surface area contributed by atoms with E-state index >= 15 is 0 Å². The van der Waals surface area contributed by atoms with Crippen LogP contribution in [0, 0.1) is 5.82 Å². The zero-order chi connectivity index (χ0) is 15.5. The normalized spacial score (nSPS) is 12.9. The number of ether oxygens (including phenoxy) is 1. The molecule has 0 aliphatic carbocycles. The minimum absolute atomic E-state index is 0.0761. The van der Waals surface area contributed by atoms with E-state index in [4.69, 9.17) is 4.74 Å². The predicted octanol–water partition coefficient (Wildman–Crippen LogP) is 2.09. The molecule has 0 spiro atoms. The van der Waals surface area contributed by atoms with Gasteiger partial charge in [0.2, 0.25) is 0 Å². The third-order valence-corrected chi connectivity index (χ3v) is 3.27. The van der Waals surface area contributed by atoms with Crippen LogP contribution in [0.25, 0.3) is 0 Å². The van der Waals surface area contributed by atoms with E-state index in [1.54, 1.807) is 36.4 Å². The molecule has 1 aliphatic rings. The van der Waals surface area contributed by atoms with Gasteiger partial charge in [-0.15, -0.1) is 0 Å². The summed E-state index contributed by atoms with van der Waals surface area (Å²) in [4.78, 5) is 23.3. The minimum atomic E-state index is -0.362.